The van der Waals surface area contributed by atoms with Gasteiger partial charge in [-0.15, -0.1) is 0 Å². The number of aromatic nitrogens is 6. The summed E-state index contributed by atoms with van der Waals surface area (Å²) in [6, 6.07) is 28.9. The van der Waals surface area contributed by atoms with Crippen LogP contribution in [0.5, 0.6) is 0 Å². The summed E-state index contributed by atoms with van der Waals surface area (Å²) in [6.07, 6.45) is 4.56. The van der Waals surface area contributed by atoms with Crippen LogP contribution in [0, 0.1) is 44.6 Å². The minimum absolute atomic E-state index is 0.0522. The van der Waals surface area contributed by atoms with Crippen molar-refractivity contribution in [1.82, 2.24) is 44.6 Å². The van der Waals surface area contributed by atoms with Crippen LogP contribution in [0.3, 0.4) is 0 Å². The van der Waals surface area contributed by atoms with Crippen molar-refractivity contribution in [3.63, 3.8) is 0 Å². The normalized spacial score (nSPS) is 20.1. The van der Waals surface area contributed by atoms with Crippen molar-refractivity contribution in [3.05, 3.63) is 159 Å². The highest BCUT2D eigenvalue weighted by atomic mass is 35.5. The SMILES string of the molecule is CC1CCC(N(C)CC(F)(F)F)CC1.CCC(F)(F)F.CCC1CCC(C)CC1.CCc1cc(-c2ccc(C)nc2C)cc2cnc(F)nc12.CCc1cc(-c2ccc(CS(=O)(=O)c3ccccc3Cl)nc2C)cc2cnc(NC3CCC(N(C)CC(F)(F)F)CC3)nc12.CN(CC(F)(F)F)C1CCC(N)CC1.O=S([O-])c1ccccc1Cl. The van der Waals surface area contributed by atoms with E-state index in [0.29, 0.717) is 41.6 Å². The number of nitrogens with zero attached hydrogens (tertiary/aromatic N) is 9. The number of hydrogen-bond donors (Lipinski definition) is 2. The van der Waals surface area contributed by atoms with Gasteiger partial charge in [0.1, 0.15) is 0 Å². The van der Waals surface area contributed by atoms with Crippen LogP contribution in [-0.2, 0) is 39.5 Å². The lowest BCUT2D eigenvalue weighted by atomic mass is 9.82. The molecule has 4 fully saturated rings. The van der Waals surface area contributed by atoms with Gasteiger partial charge in [-0.2, -0.15) is 57.1 Å². The number of aryl methyl sites for hydroxylation is 5. The predicted molar refractivity (Wildman–Crippen MR) is 445 cm³/mol. The average molecular weight is 1750 g/mol. The summed E-state index contributed by atoms with van der Waals surface area (Å²) in [5.74, 6) is 3.03. The first kappa shape index (κ1) is 100. The van der Waals surface area contributed by atoms with Crippen molar-refractivity contribution in [2.24, 2.45) is 23.5 Å². The third-order valence-corrected chi connectivity index (χ3v) is 25.1. The second-order valence-electron chi connectivity index (χ2n) is 31.3. The van der Waals surface area contributed by atoms with Crippen molar-refractivity contribution in [2.75, 3.05) is 46.1 Å². The van der Waals surface area contributed by atoms with Gasteiger partial charge in [0.2, 0.25) is 5.95 Å². The zero-order valence-corrected chi connectivity index (χ0v) is 72.3. The van der Waals surface area contributed by atoms with Crippen LogP contribution >= 0.6 is 23.2 Å². The number of sulfone groups is 1. The van der Waals surface area contributed by atoms with Crippen molar-refractivity contribution in [2.45, 2.75) is 261 Å². The van der Waals surface area contributed by atoms with Crippen molar-refractivity contribution < 1.29 is 74.3 Å². The molecule has 654 valence electrons. The van der Waals surface area contributed by atoms with Crippen LogP contribution in [0.4, 0.5) is 63.0 Å². The molecule has 4 aromatic heterocycles. The Morgan fingerprint density at radius 2 is 0.958 bits per heavy atom. The lowest BCUT2D eigenvalue weighted by Gasteiger charge is -2.35. The molecule has 1 unspecified atom stereocenters. The van der Waals surface area contributed by atoms with Gasteiger partial charge in [0.15, 0.2) is 9.84 Å². The number of nitrogens with one attached hydrogen (secondary N) is 1. The highest BCUT2D eigenvalue weighted by Crippen LogP contribution is 2.36. The highest BCUT2D eigenvalue weighted by Gasteiger charge is 2.36. The molecular weight excluding hydrogens is 1630 g/mol. The van der Waals surface area contributed by atoms with E-state index in [0.717, 1.165) is 157 Å². The summed E-state index contributed by atoms with van der Waals surface area (Å²) in [6.45, 7) is 15.4. The molecule has 0 radical (unpaired) electrons. The maximum absolute atomic E-state index is 13.3. The molecule has 4 heterocycles. The fourth-order valence-corrected chi connectivity index (χ4v) is 17.5. The van der Waals surface area contributed by atoms with Gasteiger partial charge in [-0.25, -0.2) is 28.4 Å². The molecule has 3 N–H and O–H groups in total. The molecule has 32 heteroatoms. The lowest BCUT2D eigenvalue weighted by molar-refractivity contribution is -0.149. The third-order valence-electron chi connectivity index (χ3n) is 21.8. The fraction of sp³-hybridized carbons (Fsp3) is 0.558. The van der Waals surface area contributed by atoms with Gasteiger partial charge in [-0.05, 0) is 244 Å². The number of nitrogens with two attached hydrogens (primary N) is 1. The van der Waals surface area contributed by atoms with E-state index in [1.165, 1.54) is 85.3 Å². The molecule has 4 saturated carbocycles. The smallest absolute Gasteiger partial charge is 0.401 e. The third kappa shape index (κ3) is 33.9. The summed E-state index contributed by atoms with van der Waals surface area (Å²) >= 11 is 9.44. The van der Waals surface area contributed by atoms with Crippen molar-refractivity contribution in [1.29, 1.82) is 0 Å². The van der Waals surface area contributed by atoms with Crippen LogP contribution in [0.2, 0.25) is 10.0 Å². The van der Waals surface area contributed by atoms with E-state index in [2.05, 4.69) is 76.1 Å². The van der Waals surface area contributed by atoms with E-state index >= 15 is 0 Å². The molecule has 0 amide bonds. The quantitative estimate of drug-likeness (QED) is 0.0495. The minimum atomic E-state index is -4.20. The molecule has 15 nitrogen and oxygen atoms in total. The van der Waals surface area contributed by atoms with E-state index in [1.54, 1.807) is 49.6 Å². The van der Waals surface area contributed by atoms with E-state index in [9.17, 15) is 74.3 Å². The molecule has 0 bridgehead atoms. The maximum atomic E-state index is 13.3. The molecule has 0 aliphatic heterocycles. The zero-order valence-electron chi connectivity index (χ0n) is 69.2. The average Bonchev–Trinajstić information content (AvgIpc) is 0.786. The molecule has 4 aromatic carbocycles. The molecule has 0 spiro atoms. The Bertz CT molecular complexity index is 4530. The number of pyridine rings is 2. The Balaban J connectivity index is 0.000000242. The van der Waals surface area contributed by atoms with E-state index in [-0.39, 0.29) is 55.8 Å². The number of hydrogen-bond acceptors (Lipinski definition) is 15. The Hall–Kier alpha value is -6.77. The molecule has 1 atom stereocenters. The number of rotatable bonds is 17. The molecule has 0 saturated heterocycles. The molecule has 8 aromatic rings. The second-order valence-corrected chi connectivity index (χ2v) is 35.0. The fourth-order valence-electron chi connectivity index (χ4n) is 14.9. The van der Waals surface area contributed by atoms with Gasteiger partial charge in [-0.3, -0.25) is 28.9 Å². The number of fused-ring (bicyclic) bond motifs is 2. The van der Waals surface area contributed by atoms with Crippen molar-refractivity contribution in [3.8, 4) is 22.3 Å². The summed E-state index contributed by atoms with van der Waals surface area (Å²) in [7, 11) is 0.988. The summed E-state index contributed by atoms with van der Waals surface area (Å²) in [4.78, 5) is 30.6. The Labute approximate surface area is 699 Å². The number of alkyl halides is 12. The molecule has 4 aliphatic carbocycles. The maximum Gasteiger partial charge on any atom is 0.401 e. The Morgan fingerprint density at radius 3 is 1.38 bits per heavy atom. The van der Waals surface area contributed by atoms with E-state index in [4.69, 9.17) is 33.9 Å². The molecule has 12 rings (SSSR count). The second kappa shape index (κ2) is 46.5. The van der Waals surface area contributed by atoms with Gasteiger partial charge >= 0.3 is 30.8 Å². The van der Waals surface area contributed by atoms with Crippen LogP contribution < -0.4 is 11.1 Å². The lowest BCUT2D eigenvalue weighted by Crippen LogP contribution is -2.42. The zero-order chi connectivity index (χ0) is 87.6. The van der Waals surface area contributed by atoms with Crippen LogP contribution in [0.25, 0.3) is 44.1 Å². The summed E-state index contributed by atoms with van der Waals surface area (Å²) in [5.41, 5.74) is 16.3. The van der Waals surface area contributed by atoms with Crippen molar-refractivity contribution >= 4 is 71.9 Å². The van der Waals surface area contributed by atoms with Crippen LogP contribution in [-0.4, -0.2) is 157 Å². The Kier molecular flexibility index (Phi) is 39.4. The van der Waals surface area contributed by atoms with E-state index in [1.807, 2.05) is 52.0 Å². The van der Waals surface area contributed by atoms with Crippen LogP contribution in [0.1, 0.15) is 191 Å². The Morgan fingerprint density at radius 1 is 0.534 bits per heavy atom. The van der Waals surface area contributed by atoms with Gasteiger partial charge in [0, 0.05) is 92.9 Å². The standard InChI is InChI=1S/C32H35ClF3N5O2S.C17H16FN3.C10H18F3N.C9H17F3N2.C9H18.C6H5ClO2S.C3H5F3/c1-4-21-15-22(27-14-11-25(38-20(27)2)18-44(42,43)29-8-6-5-7-28(29)33)16-23-17-37-31(40-30(21)23)39-24-9-12-26(13-10-24)41(3)19-32(34,35)36;1-4-12-7-13(15-6-5-10(2)20-11(15)3)8-14-9-19-17(18)21-16(12)14;1-8-3-5-9(6-4-8)14(2)7-10(11,12)13;1-14(6-9(10,11)12)8-4-2-7(13)3-5-8;1-3-9-6-4-8(2)5-7-9;7-5-3-1-2-4-6(5)10(8)9;1-2-3(4,5)6/h5-8,11,14-17,24,26H,4,9-10,12-13,18-19H2,1-3H3,(H,37,39,40);5-9H,4H2,1-3H3;8-9H,3-7H2,1-2H3;7-8H,2-6,13H2,1H3;8-9H,3-7H2,1-2H3;1-4H,(H,8,9);2H2,1H3/p-1. The van der Waals surface area contributed by atoms with Crippen LogP contribution in [0.15, 0.2) is 119 Å². The first-order valence-electron chi connectivity index (χ1n) is 40.1. The monoisotopic (exact) mass is 1740 g/mol. The first-order chi connectivity index (χ1) is 55.3. The van der Waals surface area contributed by atoms with Gasteiger partial charge in [0.25, 0.3) is 0 Å². The van der Waals surface area contributed by atoms with Gasteiger partial charge in [-0.1, -0.05) is 133 Å². The summed E-state index contributed by atoms with van der Waals surface area (Å²) < 4.78 is 203. The topological polar surface area (TPSA) is 199 Å². The predicted octanol–water partition coefficient (Wildman–Crippen LogP) is 23.0. The first-order valence-corrected chi connectivity index (χ1v) is 43.6. The minimum Gasteiger partial charge on any atom is -0.768 e. The molecular formula is C86H113Cl2F13N11O4S2-. The molecule has 118 heavy (non-hydrogen) atoms. The number of anilines is 1. The van der Waals surface area contributed by atoms with Gasteiger partial charge < -0.3 is 15.6 Å². The van der Waals surface area contributed by atoms with Gasteiger partial charge in [0.05, 0.1) is 57.1 Å². The number of benzene rings is 4. The number of halogens is 15. The summed E-state index contributed by atoms with van der Waals surface area (Å²) in [5, 5.41) is 5.56. The highest BCUT2D eigenvalue weighted by molar-refractivity contribution is 7.90. The molecule has 4 aliphatic rings. The largest absolute Gasteiger partial charge is 0.768 e. The van der Waals surface area contributed by atoms with E-state index < -0.39 is 77.8 Å².